The minimum atomic E-state index is -1.12. The van der Waals surface area contributed by atoms with E-state index < -0.39 is 6.17 Å². The molecule has 0 fully saturated rings. The van der Waals surface area contributed by atoms with Gasteiger partial charge >= 0.3 is 0 Å². The van der Waals surface area contributed by atoms with Crippen LogP contribution in [-0.2, 0) is 0 Å². The summed E-state index contributed by atoms with van der Waals surface area (Å²) in [5.41, 5.74) is 0.614. The molecule has 1 aromatic rings. The molecule has 0 amide bonds. The van der Waals surface area contributed by atoms with Crippen molar-refractivity contribution in [2.24, 2.45) is 0 Å². The smallest absolute Gasteiger partial charge is 0.125 e. The highest BCUT2D eigenvalue weighted by atomic mass is 79.9. The van der Waals surface area contributed by atoms with Crippen LogP contribution in [0.1, 0.15) is 11.7 Å². The molecule has 2 heteroatoms. The summed E-state index contributed by atoms with van der Waals surface area (Å²) < 4.78 is 13.4. The van der Waals surface area contributed by atoms with E-state index in [1.807, 2.05) is 0 Å². The fourth-order valence-electron chi connectivity index (χ4n) is 0.672. The average Bonchev–Trinajstić information content (AvgIpc) is 1.88. The molecule has 1 unspecified atom stereocenters. The molecule has 0 nitrogen and oxygen atoms in total. The highest BCUT2D eigenvalue weighted by molar-refractivity contribution is 9.10. The Bertz CT molecular complexity index is 203. The molecule has 53 valence electrons. The predicted octanol–water partition coefficient (Wildman–Crippen LogP) is 3.29. The average molecular weight is 202 g/mol. The third kappa shape index (κ3) is 1.81. The van der Waals surface area contributed by atoms with Gasteiger partial charge in [-0.1, -0.05) is 28.1 Å². The Balaban J connectivity index is 2.89. The van der Waals surface area contributed by atoms with Crippen LogP contribution in [0.3, 0.4) is 0 Å². The van der Waals surface area contributed by atoms with Gasteiger partial charge in [-0.25, -0.2) is 4.39 Å². The lowest BCUT2D eigenvalue weighted by molar-refractivity contribution is 0.411. The number of halogens is 2. The third-order valence-electron chi connectivity index (χ3n) is 1.23. The summed E-state index contributed by atoms with van der Waals surface area (Å²) in [7, 11) is 0. The maximum atomic E-state index is 12.4. The van der Waals surface area contributed by atoms with Crippen LogP contribution in [-0.4, -0.2) is 0 Å². The lowest BCUT2D eigenvalue weighted by Gasteiger charge is -1.99. The second kappa shape index (κ2) is 3.15. The number of benzene rings is 1. The van der Waals surface area contributed by atoms with E-state index >= 15 is 0 Å². The number of alkyl halides is 1. The Morgan fingerprint density at radius 3 is 2.20 bits per heavy atom. The molecule has 0 aromatic heterocycles. The van der Waals surface area contributed by atoms with Gasteiger partial charge in [0.25, 0.3) is 0 Å². The Kier molecular flexibility index (Phi) is 2.44. The van der Waals surface area contributed by atoms with Gasteiger partial charge in [0.1, 0.15) is 6.17 Å². The molecular weight excluding hydrogens is 195 g/mol. The van der Waals surface area contributed by atoms with Crippen LogP contribution in [0.2, 0.25) is 0 Å². The molecule has 0 bridgehead atoms. The van der Waals surface area contributed by atoms with E-state index in [9.17, 15) is 4.39 Å². The molecule has 1 atom stereocenters. The molecular formula is C8H7BrF. The van der Waals surface area contributed by atoms with E-state index in [1.54, 1.807) is 24.3 Å². The Hall–Kier alpha value is -0.370. The highest BCUT2D eigenvalue weighted by Crippen LogP contribution is 2.18. The summed E-state index contributed by atoms with van der Waals surface area (Å²) in [5.74, 6) is 0. The summed E-state index contributed by atoms with van der Waals surface area (Å²) >= 11 is 3.25. The van der Waals surface area contributed by atoms with Gasteiger partial charge in [-0.15, -0.1) is 0 Å². The zero-order chi connectivity index (χ0) is 7.56. The van der Waals surface area contributed by atoms with Gasteiger partial charge in [-0.3, -0.25) is 0 Å². The van der Waals surface area contributed by atoms with Crippen molar-refractivity contribution in [3.05, 3.63) is 41.2 Å². The first-order valence-electron chi connectivity index (χ1n) is 2.93. The molecule has 0 heterocycles. The summed E-state index contributed by atoms with van der Waals surface area (Å²) in [6.07, 6.45) is -1.12. The number of hydrogen-bond donors (Lipinski definition) is 0. The second-order valence-electron chi connectivity index (χ2n) is 2.02. The van der Waals surface area contributed by atoms with Crippen LogP contribution in [0.5, 0.6) is 0 Å². The fraction of sp³-hybridized carbons (Fsp3) is 0.125. The minimum Gasteiger partial charge on any atom is -0.242 e. The van der Waals surface area contributed by atoms with Crippen molar-refractivity contribution in [2.45, 2.75) is 6.17 Å². The quantitative estimate of drug-likeness (QED) is 0.655. The molecule has 1 rings (SSSR count). The maximum Gasteiger partial charge on any atom is 0.125 e. The summed E-state index contributed by atoms with van der Waals surface area (Å²) in [6, 6.07) is 7.02. The Morgan fingerprint density at radius 2 is 1.80 bits per heavy atom. The van der Waals surface area contributed by atoms with Crippen LogP contribution in [0.15, 0.2) is 28.7 Å². The largest absolute Gasteiger partial charge is 0.242 e. The maximum absolute atomic E-state index is 12.4. The van der Waals surface area contributed by atoms with Gasteiger partial charge < -0.3 is 0 Å². The van der Waals surface area contributed by atoms with Gasteiger partial charge in [-0.2, -0.15) is 0 Å². The van der Waals surface area contributed by atoms with E-state index in [1.165, 1.54) is 0 Å². The van der Waals surface area contributed by atoms with Gasteiger partial charge in [0.15, 0.2) is 0 Å². The first-order valence-corrected chi connectivity index (χ1v) is 3.72. The zero-order valence-electron chi connectivity index (χ0n) is 5.35. The van der Waals surface area contributed by atoms with Crippen LogP contribution in [0, 0.1) is 6.92 Å². The topological polar surface area (TPSA) is 0 Å². The molecule has 0 saturated heterocycles. The first-order chi connectivity index (χ1) is 4.70. The lowest BCUT2D eigenvalue weighted by Crippen LogP contribution is -1.83. The number of hydrogen-bond acceptors (Lipinski definition) is 0. The van der Waals surface area contributed by atoms with E-state index in [4.69, 9.17) is 0 Å². The van der Waals surface area contributed by atoms with Crippen molar-refractivity contribution >= 4 is 15.9 Å². The SMILES string of the molecule is [CH2]C(F)c1ccc(Br)cc1. The van der Waals surface area contributed by atoms with Crippen LogP contribution < -0.4 is 0 Å². The van der Waals surface area contributed by atoms with Gasteiger partial charge in [-0.05, 0) is 24.6 Å². The van der Waals surface area contributed by atoms with Crippen molar-refractivity contribution in [3.8, 4) is 0 Å². The van der Waals surface area contributed by atoms with Crippen LogP contribution in [0.4, 0.5) is 4.39 Å². The van der Waals surface area contributed by atoms with E-state index in [0.717, 1.165) is 4.47 Å². The lowest BCUT2D eigenvalue weighted by atomic mass is 10.1. The molecule has 0 aliphatic carbocycles. The zero-order valence-corrected chi connectivity index (χ0v) is 6.94. The van der Waals surface area contributed by atoms with Crippen molar-refractivity contribution in [1.82, 2.24) is 0 Å². The van der Waals surface area contributed by atoms with Crippen molar-refractivity contribution in [1.29, 1.82) is 0 Å². The molecule has 1 aromatic carbocycles. The van der Waals surface area contributed by atoms with Crippen LogP contribution in [0.25, 0.3) is 0 Å². The monoisotopic (exact) mass is 201 g/mol. The summed E-state index contributed by atoms with van der Waals surface area (Å²) in [4.78, 5) is 0. The predicted molar refractivity (Wildman–Crippen MR) is 43.3 cm³/mol. The van der Waals surface area contributed by atoms with Crippen molar-refractivity contribution < 1.29 is 4.39 Å². The molecule has 1 radical (unpaired) electrons. The first kappa shape index (κ1) is 7.73. The fourth-order valence-corrected chi connectivity index (χ4v) is 0.936. The molecule has 0 saturated carbocycles. The highest BCUT2D eigenvalue weighted by Gasteiger charge is 1.99. The molecule has 0 aliphatic heterocycles. The summed E-state index contributed by atoms with van der Waals surface area (Å²) in [5, 5.41) is 0. The van der Waals surface area contributed by atoms with Crippen molar-refractivity contribution in [2.75, 3.05) is 0 Å². The third-order valence-corrected chi connectivity index (χ3v) is 1.76. The molecule has 0 N–H and O–H groups in total. The van der Waals surface area contributed by atoms with Crippen molar-refractivity contribution in [3.63, 3.8) is 0 Å². The Labute approximate surface area is 68.2 Å². The van der Waals surface area contributed by atoms with Gasteiger partial charge in [0.05, 0.1) is 0 Å². The van der Waals surface area contributed by atoms with E-state index in [0.29, 0.717) is 5.56 Å². The molecule has 10 heavy (non-hydrogen) atoms. The van der Waals surface area contributed by atoms with Crippen LogP contribution >= 0.6 is 15.9 Å². The minimum absolute atomic E-state index is 0.614. The number of rotatable bonds is 1. The standard InChI is InChI=1S/C8H7BrF/c1-6(10)7-2-4-8(9)5-3-7/h2-6H,1H2. The van der Waals surface area contributed by atoms with E-state index in [2.05, 4.69) is 22.9 Å². The summed E-state index contributed by atoms with van der Waals surface area (Å²) in [6.45, 7) is 3.26. The van der Waals surface area contributed by atoms with E-state index in [-0.39, 0.29) is 0 Å². The molecule has 0 aliphatic rings. The van der Waals surface area contributed by atoms with Gasteiger partial charge in [0.2, 0.25) is 0 Å². The second-order valence-corrected chi connectivity index (χ2v) is 2.93. The van der Waals surface area contributed by atoms with Gasteiger partial charge in [0, 0.05) is 4.47 Å². The normalized spacial score (nSPS) is 13.1. The molecule has 0 spiro atoms. The Morgan fingerprint density at radius 1 is 1.30 bits per heavy atom.